The monoisotopic (exact) mass is 310 g/mol. The van der Waals surface area contributed by atoms with Gasteiger partial charge in [0.15, 0.2) is 5.76 Å². The van der Waals surface area contributed by atoms with Gasteiger partial charge in [-0.2, -0.15) is 0 Å². The normalized spacial score (nSPS) is 12.4. The molecule has 3 rings (SSSR count). The topological polar surface area (TPSA) is 47.2 Å². The summed E-state index contributed by atoms with van der Waals surface area (Å²) in [6.45, 7) is 5.15. The summed E-state index contributed by atoms with van der Waals surface area (Å²) >= 11 is 0. The Bertz CT molecular complexity index is 787. The molecule has 0 aliphatic rings. The highest BCUT2D eigenvalue weighted by Crippen LogP contribution is 2.22. The zero-order valence-corrected chi connectivity index (χ0v) is 13.6. The van der Waals surface area contributed by atoms with Gasteiger partial charge in [0.1, 0.15) is 0 Å². The van der Waals surface area contributed by atoms with Gasteiger partial charge in [-0.15, -0.1) is 0 Å². The van der Waals surface area contributed by atoms with Crippen molar-refractivity contribution in [2.75, 3.05) is 0 Å². The molecule has 0 fully saturated rings. The van der Waals surface area contributed by atoms with Crippen LogP contribution in [0.15, 0.2) is 53.3 Å². The number of nitrogens with one attached hydrogen (secondary N) is 1. The lowest BCUT2D eigenvalue weighted by molar-refractivity contribution is 0.0910. The van der Waals surface area contributed by atoms with Gasteiger partial charge in [0.05, 0.1) is 6.26 Å². The summed E-state index contributed by atoms with van der Waals surface area (Å²) in [4.78, 5) is 12.0. The van der Waals surface area contributed by atoms with Gasteiger partial charge < -0.3 is 14.3 Å². The number of benzene rings is 1. The molecular weight excluding hydrogens is 288 g/mol. The number of furan rings is 1. The van der Waals surface area contributed by atoms with Crippen molar-refractivity contribution in [2.45, 2.75) is 39.3 Å². The van der Waals surface area contributed by atoms with E-state index in [1.54, 1.807) is 12.1 Å². The molecule has 1 amide bonds. The first-order chi connectivity index (χ1) is 11.2. The first-order valence-electron chi connectivity index (χ1n) is 8.10. The molecule has 0 spiro atoms. The summed E-state index contributed by atoms with van der Waals surface area (Å²) in [7, 11) is 0. The van der Waals surface area contributed by atoms with Crippen molar-refractivity contribution >= 4 is 16.8 Å². The number of carbonyl (C=O) groups is 1. The number of amides is 1. The molecule has 1 N–H and O–H groups in total. The molecule has 0 aliphatic carbocycles. The Labute approximate surface area is 136 Å². The second-order valence-corrected chi connectivity index (χ2v) is 5.85. The molecule has 0 radical (unpaired) electrons. The van der Waals surface area contributed by atoms with Gasteiger partial charge in [-0.3, -0.25) is 4.79 Å². The zero-order chi connectivity index (χ0) is 16.2. The summed E-state index contributed by atoms with van der Waals surface area (Å²) in [6, 6.07) is 12.0. The van der Waals surface area contributed by atoms with Gasteiger partial charge in [0.2, 0.25) is 0 Å². The molecule has 1 atom stereocenters. The van der Waals surface area contributed by atoms with Crippen LogP contribution in [-0.2, 0) is 13.0 Å². The molecule has 23 heavy (non-hydrogen) atoms. The van der Waals surface area contributed by atoms with Crippen LogP contribution in [0.5, 0.6) is 0 Å². The van der Waals surface area contributed by atoms with Crippen LogP contribution < -0.4 is 5.32 Å². The number of hydrogen-bond acceptors (Lipinski definition) is 2. The fraction of sp³-hybridized carbons (Fsp3) is 0.316. The first-order valence-corrected chi connectivity index (χ1v) is 8.10. The maximum absolute atomic E-state index is 12.0. The third-order valence-electron chi connectivity index (χ3n) is 4.18. The number of para-hydroxylation sites is 1. The number of aryl methyl sites for hydroxylation is 2. The van der Waals surface area contributed by atoms with E-state index >= 15 is 0 Å². The largest absolute Gasteiger partial charge is 0.459 e. The quantitative estimate of drug-likeness (QED) is 0.748. The molecule has 3 aromatic rings. The molecule has 1 aromatic carbocycles. The van der Waals surface area contributed by atoms with Gasteiger partial charge in [0.25, 0.3) is 5.91 Å². The second kappa shape index (κ2) is 6.73. The van der Waals surface area contributed by atoms with Crippen molar-refractivity contribution in [2.24, 2.45) is 0 Å². The molecule has 0 saturated carbocycles. The summed E-state index contributed by atoms with van der Waals surface area (Å²) in [5, 5.41) is 4.29. The Morgan fingerprint density at radius 2 is 2.09 bits per heavy atom. The van der Waals surface area contributed by atoms with Gasteiger partial charge in [-0.05, 0) is 50.5 Å². The highest BCUT2D eigenvalue weighted by molar-refractivity contribution is 5.91. The van der Waals surface area contributed by atoms with Crippen LogP contribution in [0.25, 0.3) is 10.9 Å². The van der Waals surface area contributed by atoms with Crippen molar-refractivity contribution < 1.29 is 9.21 Å². The maximum atomic E-state index is 12.0. The van der Waals surface area contributed by atoms with Crippen molar-refractivity contribution in [3.63, 3.8) is 0 Å². The van der Waals surface area contributed by atoms with Gasteiger partial charge in [-0.1, -0.05) is 18.2 Å². The molecular formula is C19H22N2O2. The van der Waals surface area contributed by atoms with Crippen LogP contribution in [-0.4, -0.2) is 16.5 Å². The number of aromatic nitrogens is 1. The molecule has 4 heteroatoms. The van der Waals surface area contributed by atoms with E-state index in [0.29, 0.717) is 5.76 Å². The number of nitrogens with zero attached hydrogens (tertiary/aromatic N) is 1. The fourth-order valence-corrected chi connectivity index (χ4v) is 2.93. The Kier molecular flexibility index (Phi) is 4.51. The second-order valence-electron chi connectivity index (χ2n) is 5.85. The minimum atomic E-state index is -0.154. The van der Waals surface area contributed by atoms with Gasteiger partial charge in [-0.25, -0.2) is 0 Å². The summed E-state index contributed by atoms with van der Waals surface area (Å²) < 4.78 is 7.39. The average Bonchev–Trinajstić information content (AvgIpc) is 3.21. The predicted octanol–water partition coefficient (Wildman–Crippen LogP) is 4.01. The SMILES string of the molecule is CCn1cc(CC[C@@H](C)NC(=O)c2ccco2)c2ccccc21. The van der Waals surface area contributed by atoms with Crippen LogP contribution in [0.2, 0.25) is 0 Å². The Hall–Kier alpha value is -2.49. The minimum absolute atomic E-state index is 0.0938. The van der Waals surface area contributed by atoms with E-state index in [9.17, 15) is 4.79 Å². The molecule has 120 valence electrons. The van der Waals surface area contributed by atoms with Crippen molar-refractivity contribution in [3.05, 3.63) is 60.2 Å². The van der Waals surface area contributed by atoms with E-state index in [1.807, 2.05) is 6.92 Å². The molecule has 2 heterocycles. The van der Waals surface area contributed by atoms with E-state index in [1.165, 1.54) is 22.7 Å². The number of hydrogen-bond donors (Lipinski definition) is 1. The van der Waals surface area contributed by atoms with Crippen LogP contribution in [0.4, 0.5) is 0 Å². The summed E-state index contributed by atoms with van der Waals surface area (Å²) in [6.07, 6.45) is 5.57. The van der Waals surface area contributed by atoms with Gasteiger partial charge >= 0.3 is 0 Å². The zero-order valence-electron chi connectivity index (χ0n) is 13.6. The van der Waals surface area contributed by atoms with Crippen LogP contribution in [0, 0.1) is 0 Å². The van der Waals surface area contributed by atoms with Gasteiger partial charge in [0, 0.05) is 29.7 Å². The van der Waals surface area contributed by atoms with Crippen molar-refractivity contribution in [3.8, 4) is 0 Å². The Morgan fingerprint density at radius 3 is 2.83 bits per heavy atom. The number of fused-ring (bicyclic) bond motifs is 1. The third-order valence-corrected chi connectivity index (χ3v) is 4.18. The highest BCUT2D eigenvalue weighted by Gasteiger charge is 2.13. The number of rotatable bonds is 6. The van der Waals surface area contributed by atoms with E-state index < -0.39 is 0 Å². The standard InChI is InChI=1S/C19H22N2O2/c1-3-21-13-15(16-7-4-5-8-17(16)21)11-10-14(2)20-19(22)18-9-6-12-23-18/h4-9,12-14H,3,10-11H2,1-2H3,(H,20,22)/t14-/m1/s1. The molecule has 4 nitrogen and oxygen atoms in total. The molecule has 0 aliphatic heterocycles. The fourth-order valence-electron chi connectivity index (χ4n) is 2.93. The van der Waals surface area contributed by atoms with Crippen LogP contribution in [0.3, 0.4) is 0 Å². The van der Waals surface area contributed by atoms with Crippen LogP contribution in [0.1, 0.15) is 36.4 Å². The Morgan fingerprint density at radius 1 is 1.26 bits per heavy atom. The molecule has 0 saturated heterocycles. The summed E-state index contributed by atoms with van der Waals surface area (Å²) in [5.41, 5.74) is 2.61. The smallest absolute Gasteiger partial charge is 0.287 e. The predicted molar refractivity (Wildman–Crippen MR) is 91.6 cm³/mol. The molecule has 0 bridgehead atoms. The minimum Gasteiger partial charge on any atom is -0.459 e. The van der Waals surface area contributed by atoms with E-state index in [-0.39, 0.29) is 11.9 Å². The Balaban J connectivity index is 1.65. The maximum Gasteiger partial charge on any atom is 0.287 e. The van der Waals surface area contributed by atoms with E-state index in [0.717, 1.165) is 19.4 Å². The lowest BCUT2D eigenvalue weighted by Gasteiger charge is -2.12. The lowest BCUT2D eigenvalue weighted by Crippen LogP contribution is -2.32. The lowest BCUT2D eigenvalue weighted by atomic mass is 10.1. The van der Waals surface area contributed by atoms with E-state index in [4.69, 9.17) is 4.42 Å². The highest BCUT2D eigenvalue weighted by atomic mass is 16.3. The number of carbonyl (C=O) groups excluding carboxylic acids is 1. The van der Waals surface area contributed by atoms with E-state index in [2.05, 4.69) is 47.3 Å². The molecule has 2 aromatic heterocycles. The average molecular weight is 310 g/mol. The third kappa shape index (κ3) is 3.31. The van der Waals surface area contributed by atoms with Crippen molar-refractivity contribution in [1.29, 1.82) is 0 Å². The first kappa shape index (κ1) is 15.4. The van der Waals surface area contributed by atoms with Crippen molar-refractivity contribution in [1.82, 2.24) is 9.88 Å². The summed E-state index contributed by atoms with van der Waals surface area (Å²) in [5.74, 6) is 0.206. The molecule has 0 unspecified atom stereocenters. The van der Waals surface area contributed by atoms with Crippen LogP contribution >= 0.6 is 0 Å².